The van der Waals surface area contributed by atoms with Crippen molar-refractivity contribution in [3.8, 4) is 0 Å². The maximum Gasteiger partial charge on any atom is 0.0215 e. The Balaban J connectivity index is 1.69. The van der Waals surface area contributed by atoms with Crippen molar-refractivity contribution in [3.63, 3.8) is 0 Å². The van der Waals surface area contributed by atoms with Crippen molar-refractivity contribution in [1.29, 1.82) is 0 Å². The number of nitrogens with zero attached hydrogens (tertiary/aromatic N) is 2. The molecule has 0 spiro atoms. The van der Waals surface area contributed by atoms with Gasteiger partial charge in [0.1, 0.15) is 0 Å². The monoisotopic (exact) mass is 164 g/mol. The van der Waals surface area contributed by atoms with Gasteiger partial charge < -0.3 is 0 Å². The van der Waals surface area contributed by atoms with Gasteiger partial charge in [0.15, 0.2) is 0 Å². The summed E-state index contributed by atoms with van der Waals surface area (Å²) < 4.78 is 0. The lowest BCUT2D eigenvalue weighted by Gasteiger charge is -2.19. The maximum atomic E-state index is 2.66. The molecule has 0 amide bonds. The van der Waals surface area contributed by atoms with Crippen LogP contribution in [0, 0.1) is 0 Å². The Labute approximate surface area is 73.8 Å². The molecule has 1 saturated carbocycles. The second kappa shape index (κ2) is 2.33. The quantitative estimate of drug-likeness (QED) is 0.527. The summed E-state index contributed by atoms with van der Waals surface area (Å²) in [5.74, 6) is 0. The van der Waals surface area contributed by atoms with Crippen LogP contribution < -0.4 is 0 Å². The molecule has 0 aromatic carbocycles. The summed E-state index contributed by atoms with van der Waals surface area (Å²) in [5.41, 5.74) is 3.45. The first-order valence-corrected chi connectivity index (χ1v) is 4.95. The van der Waals surface area contributed by atoms with Crippen LogP contribution in [-0.2, 0) is 0 Å². The largest absolute Gasteiger partial charge is 0.298 e. The van der Waals surface area contributed by atoms with E-state index in [1.807, 2.05) is 0 Å². The van der Waals surface area contributed by atoms with Gasteiger partial charge in [0.25, 0.3) is 0 Å². The van der Waals surface area contributed by atoms with E-state index >= 15 is 0 Å². The summed E-state index contributed by atoms with van der Waals surface area (Å²) in [4.78, 5) is 5.09. The standard InChI is InChI=1S/C10H16N2/c1-11-4-8-6-12(10-2-3-10)7-9(8)5-11/h10H,2-7H2,1H3. The molecular weight excluding hydrogens is 148 g/mol. The maximum absolute atomic E-state index is 2.66. The summed E-state index contributed by atoms with van der Waals surface area (Å²) in [6.45, 7) is 5.03. The minimum atomic E-state index is 0.959. The zero-order valence-corrected chi connectivity index (χ0v) is 7.71. The fourth-order valence-electron chi connectivity index (χ4n) is 2.50. The van der Waals surface area contributed by atoms with Crippen molar-refractivity contribution < 1.29 is 0 Å². The molecule has 0 radical (unpaired) electrons. The van der Waals surface area contributed by atoms with Crippen molar-refractivity contribution in [2.75, 3.05) is 33.2 Å². The van der Waals surface area contributed by atoms with E-state index in [9.17, 15) is 0 Å². The van der Waals surface area contributed by atoms with Gasteiger partial charge in [-0.15, -0.1) is 0 Å². The van der Waals surface area contributed by atoms with Crippen molar-refractivity contribution in [2.24, 2.45) is 0 Å². The molecule has 2 heteroatoms. The summed E-state index contributed by atoms with van der Waals surface area (Å²) in [6.07, 6.45) is 2.91. The highest BCUT2D eigenvalue weighted by Gasteiger charge is 2.36. The average Bonchev–Trinajstić information content (AvgIpc) is 2.69. The van der Waals surface area contributed by atoms with Gasteiger partial charge in [-0.2, -0.15) is 0 Å². The summed E-state index contributed by atoms with van der Waals surface area (Å²) >= 11 is 0. The zero-order valence-electron chi connectivity index (χ0n) is 7.71. The van der Waals surface area contributed by atoms with Crippen LogP contribution in [0.5, 0.6) is 0 Å². The summed E-state index contributed by atoms with van der Waals surface area (Å²) in [6, 6.07) is 0.959. The predicted octanol–water partition coefficient (Wildman–Crippen LogP) is 0.706. The lowest BCUT2D eigenvalue weighted by Crippen LogP contribution is -2.29. The van der Waals surface area contributed by atoms with Gasteiger partial charge in [0.05, 0.1) is 0 Å². The number of hydrogen-bond acceptors (Lipinski definition) is 2. The van der Waals surface area contributed by atoms with E-state index < -0.39 is 0 Å². The highest BCUT2D eigenvalue weighted by atomic mass is 15.2. The Bertz CT molecular complexity index is 222. The van der Waals surface area contributed by atoms with Crippen LogP contribution >= 0.6 is 0 Å². The third-order valence-electron chi connectivity index (χ3n) is 3.27. The fourth-order valence-corrected chi connectivity index (χ4v) is 2.50. The van der Waals surface area contributed by atoms with E-state index in [4.69, 9.17) is 0 Å². The number of likely N-dealkylation sites (N-methyl/N-ethyl adjacent to an activating group) is 1. The normalized spacial score (nSPS) is 31.8. The topological polar surface area (TPSA) is 6.48 Å². The van der Waals surface area contributed by atoms with E-state index in [2.05, 4.69) is 16.8 Å². The van der Waals surface area contributed by atoms with E-state index in [0.717, 1.165) is 6.04 Å². The average molecular weight is 164 g/mol. The molecule has 1 aliphatic carbocycles. The second-order valence-electron chi connectivity index (χ2n) is 4.52. The Kier molecular flexibility index (Phi) is 1.38. The molecule has 0 saturated heterocycles. The minimum Gasteiger partial charge on any atom is -0.298 e. The van der Waals surface area contributed by atoms with Crippen LogP contribution in [0.2, 0.25) is 0 Å². The third kappa shape index (κ3) is 1.02. The fraction of sp³-hybridized carbons (Fsp3) is 0.800. The smallest absolute Gasteiger partial charge is 0.0215 e. The van der Waals surface area contributed by atoms with Gasteiger partial charge in [0.2, 0.25) is 0 Å². The molecule has 66 valence electrons. The third-order valence-corrected chi connectivity index (χ3v) is 3.27. The van der Waals surface area contributed by atoms with Crippen molar-refractivity contribution in [1.82, 2.24) is 9.80 Å². The Morgan fingerprint density at radius 1 is 1.00 bits per heavy atom. The molecule has 0 unspecified atom stereocenters. The van der Waals surface area contributed by atoms with Crippen molar-refractivity contribution in [2.45, 2.75) is 18.9 Å². The molecule has 0 atom stereocenters. The van der Waals surface area contributed by atoms with Crippen LogP contribution in [-0.4, -0.2) is 49.1 Å². The van der Waals surface area contributed by atoms with Gasteiger partial charge in [0, 0.05) is 32.2 Å². The van der Waals surface area contributed by atoms with Crippen LogP contribution in [0.3, 0.4) is 0 Å². The van der Waals surface area contributed by atoms with Gasteiger partial charge in [-0.25, -0.2) is 0 Å². The van der Waals surface area contributed by atoms with Crippen molar-refractivity contribution >= 4 is 0 Å². The molecule has 0 aromatic heterocycles. The lowest BCUT2D eigenvalue weighted by atomic mass is 10.2. The van der Waals surface area contributed by atoms with Crippen molar-refractivity contribution in [3.05, 3.63) is 11.1 Å². The first-order valence-electron chi connectivity index (χ1n) is 4.95. The van der Waals surface area contributed by atoms with E-state index in [1.165, 1.54) is 39.0 Å². The highest BCUT2D eigenvalue weighted by Crippen LogP contribution is 2.34. The molecule has 1 fully saturated rings. The highest BCUT2D eigenvalue weighted by molar-refractivity contribution is 5.30. The number of rotatable bonds is 1. The number of hydrogen-bond donors (Lipinski definition) is 0. The van der Waals surface area contributed by atoms with Crippen LogP contribution in [0.15, 0.2) is 11.1 Å². The molecule has 0 N–H and O–H groups in total. The van der Waals surface area contributed by atoms with Gasteiger partial charge >= 0.3 is 0 Å². The Morgan fingerprint density at radius 3 is 2.08 bits per heavy atom. The van der Waals surface area contributed by atoms with Gasteiger partial charge in [-0.1, -0.05) is 0 Å². The van der Waals surface area contributed by atoms with Crippen LogP contribution in [0.25, 0.3) is 0 Å². The Morgan fingerprint density at radius 2 is 1.58 bits per heavy atom. The molecule has 12 heavy (non-hydrogen) atoms. The molecule has 2 heterocycles. The zero-order chi connectivity index (χ0) is 8.13. The van der Waals surface area contributed by atoms with E-state index in [-0.39, 0.29) is 0 Å². The molecule has 2 aliphatic heterocycles. The Hall–Kier alpha value is -0.340. The lowest BCUT2D eigenvalue weighted by molar-refractivity contribution is 0.304. The van der Waals surface area contributed by atoms with Gasteiger partial charge in [-0.3, -0.25) is 9.80 Å². The molecule has 0 aromatic rings. The molecule has 2 nitrogen and oxygen atoms in total. The summed E-state index contributed by atoms with van der Waals surface area (Å²) in [5, 5.41) is 0. The molecule has 3 aliphatic rings. The van der Waals surface area contributed by atoms with Crippen LogP contribution in [0.1, 0.15) is 12.8 Å². The first kappa shape index (κ1) is 7.10. The van der Waals surface area contributed by atoms with Crippen LogP contribution in [0.4, 0.5) is 0 Å². The minimum absolute atomic E-state index is 0.959. The first-order chi connectivity index (χ1) is 5.83. The second-order valence-corrected chi connectivity index (χ2v) is 4.52. The SMILES string of the molecule is CN1CC2=C(C1)CN(C1CC1)C2. The summed E-state index contributed by atoms with van der Waals surface area (Å²) in [7, 11) is 2.22. The predicted molar refractivity (Wildman–Crippen MR) is 49.1 cm³/mol. The van der Waals surface area contributed by atoms with E-state index in [1.54, 1.807) is 11.1 Å². The van der Waals surface area contributed by atoms with Gasteiger partial charge in [-0.05, 0) is 31.0 Å². The molecule has 3 rings (SSSR count). The van der Waals surface area contributed by atoms with E-state index in [0.29, 0.717) is 0 Å². The molecular formula is C10H16N2. The molecule has 0 bridgehead atoms.